The molecule has 2 aliphatic carbocycles. The summed E-state index contributed by atoms with van der Waals surface area (Å²) in [6.45, 7) is -0.0305. The van der Waals surface area contributed by atoms with Crippen LogP contribution in [0.2, 0.25) is 0 Å². The number of fused-ring (bicyclic) bond motifs is 2. The van der Waals surface area contributed by atoms with Crippen LogP contribution in [0.25, 0.3) is 0 Å². The number of carboxylic acid groups (broad SMARTS) is 2. The Morgan fingerprint density at radius 1 is 1.07 bits per heavy atom. The molecule has 0 amide bonds. The molecule has 0 radical (unpaired) electrons. The van der Waals surface area contributed by atoms with Crippen LogP contribution in [-0.4, -0.2) is 33.9 Å². The summed E-state index contributed by atoms with van der Waals surface area (Å²) in [5, 5.41) is 27.1. The first kappa shape index (κ1) is 10.4. The minimum absolute atomic E-state index is 0.0216. The highest BCUT2D eigenvalue weighted by molar-refractivity contribution is 5.81. The summed E-state index contributed by atoms with van der Waals surface area (Å²) in [5.41, 5.74) is 0. The van der Waals surface area contributed by atoms with Gasteiger partial charge in [0.05, 0.1) is 11.8 Å². The first-order chi connectivity index (χ1) is 7.06. The lowest BCUT2D eigenvalue weighted by Gasteiger charge is -2.29. The van der Waals surface area contributed by atoms with Gasteiger partial charge in [0, 0.05) is 6.61 Å². The van der Waals surface area contributed by atoms with E-state index < -0.39 is 23.8 Å². The van der Waals surface area contributed by atoms with Crippen LogP contribution in [0, 0.1) is 29.6 Å². The van der Waals surface area contributed by atoms with Crippen molar-refractivity contribution in [2.24, 2.45) is 29.6 Å². The van der Waals surface area contributed by atoms with Gasteiger partial charge in [-0.25, -0.2) is 0 Å². The third kappa shape index (κ3) is 1.42. The molecule has 15 heavy (non-hydrogen) atoms. The Balaban J connectivity index is 2.24. The molecule has 0 aromatic carbocycles. The predicted octanol–water partition coefficient (Wildman–Crippen LogP) is 0.0363. The molecule has 0 heterocycles. The average Bonchev–Trinajstić information content (AvgIpc) is 2.72. The van der Waals surface area contributed by atoms with Crippen LogP contribution in [-0.2, 0) is 9.59 Å². The van der Waals surface area contributed by atoms with Crippen LogP contribution in [0.1, 0.15) is 12.8 Å². The van der Waals surface area contributed by atoms with Gasteiger partial charge in [-0.1, -0.05) is 0 Å². The molecule has 0 spiro atoms. The van der Waals surface area contributed by atoms with Crippen molar-refractivity contribution in [2.75, 3.05) is 6.61 Å². The highest BCUT2D eigenvalue weighted by atomic mass is 16.4. The number of carboxylic acids is 2. The number of hydrogen-bond donors (Lipinski definition) is 3. The molecule has 84 valence electrons. The molecule has 5 atom stereocenters. The van der Waals surface area contributed by atoms with E-state index in [1.54, 1.807) is 0 Å². The summed E-state index contributed by atoms with van der Waals surface area (Å²) in [7, 11) is 0. The van der Waals surface area contributed by atoms with E-state index in [0.29, 0.717) is 12.8 Å². The van der Waals surface area contributed by atoms with E-state index in [2.05, 4.69) is 0 Å². The standard InChI is InChI=1S/C10H14O5/c11-3-5-1-4-2-6(5)8(10(14)15)7(4)9(12)13/h4-8,11H,1-3H2,(H,12,13)(H,14,15). The number of carbonyl (C=O) groups is 2. The Morgan fingerprint density at radius 2 is 1.67 bits per heavy atom. The van der Waals surface area contributed by atoms with E-state index >= 15 is 0 Å². The van der Waals surface area contributed by atoms with Gasteiger partial charge < -0.3 is 15.3 Å². The summed E-state index contributed by atoms with van der Waals surface area (Å²) in [6.07, 6.45) is 1.29. The van der Waals surface area contributed by atoms with Crippen LogP contribution < -0.4 is 0 Å². The molecule has 5 heteroatoms. The molecule has 5 nitrogen and oxygen atoms in total. The summed E-state index contributed by atoms with van der Waals surface area (Å²) < 4.78 is 0. The minimum atomic E-state index is -1.03. The largest absolute Gasteiger partial charge is 0.481 e. The van der Waals surface area contributed by atoms with Gasteiger partial charge in [0.25, 0.3) is 0 Å². The smallest absolute Gasteiger partial charge is 0.307 e. The highest BCUT2D eigenvalue weighted by Gasteiger charge is 2.57. The maximum Gasteiger partial charge on any atom is 0.307 e. The summed E-state index contributed by atoms with van der Waals surface area (Å²) in [6, 6.07) is 0. The lowest BCUT2D eigenvalue weighted by Crippen LogP contribution is -2.38. The molecule has 0 aliphatic heterocycles. The van der Waals surface area contributed by atoms with Crippen molar-refractivity contribution in [1.29, 1.82) is 0 Å². The SMILES string of the molecule is O=C(O)C1C2CC(CO)C(C2)C1C(=O)O. The molecule has 3 N–H and O–H groups in total. The van der Waals surface area contributed by atoms with Crippen LogP contribution in [0.3, 0.4) is 0 Å². The van der Waals surface area contributed by atoms with Crippen LogP contribution in [0.5, 0.6) is 0 Å². The molecular formula is C10H14O5. The number of aliphatic hydroxyl groups excluding tert-OH is 1. The topological polar surface area (TPSA) is 94.8 Å². The molecule has 0 aromatic heterocycles. The minimum Gasteiger partial charge on any atom is -0.481 e. The first-order valence-electron chi connectivity index (χ1n) is 5.12. The lowest BCUT2D eigenvalue weighted by molar-refractivity contribution is -0.157. The lowest BCUT2D eigenvalue weighted by atomic mass is 9.74. The summed E-state index contributed by atoms with van der Waals surface area (Å²) in [5.74, 6) is -3.84. The molecule has 0 aromatic rings. The fourth-order valence-electron chi connectivity index (χ4n) is 3.40. The number of rotatable bonds is 3. The average molecular weight is 214 g/mol. The second-order valence-electron chi connectivity index (χ2n) is 4.57. The van der Waals surface area contributed by atoms with Crippen molar-refractivity contribution in [3.8, 4) is 0 Å². The van der Waals surface area contributed by atoms with E-state index in [0.717, 1.165) is 0 Å². The molecule has 5 unspecified atom stereocenters. The predicted molar refractivity (Wildman–Crippen MR) is 49.0 cm³/mol. The van der Waals surface area contributed by atoms with Gasteiger partial charge in [0.15, 0.2) is 0 Å². The van der Waals surface area contributed by atoms with Crippen molar-refractivity contribution >= 4 is 11.9 Å². The zero-order valence-corrected chi connectivity index (χ0v) is 8.17. The molecule has 2 bridgehead atoms. The first-order valence-corrected chi connectivity index (χ1v) is 5.12. The molecule has 2 saturated carbocycles. The molecule has 2 fully saturated rings. The van der Waals surface area contributed by atoms with Gasteiger partial charge in [0.1, 0.15) is 0 Å². The number of aliphatic carboxylic acids is 2. The normalized spacial score (nSPS) is 43.1. The Hall–Kier alpha value is -1.10. The monoisotopic (exact) mass is 214 g/mol. The van der Waals surface area contributed by atoms with E-state index in [1.807, 2.05) is 0 Å². The van der Waals surface area contributed by atoms with Gasteiger partial charge >= 0.3 is 11.9 Å². The Kier molecular flexibility index (Phi) is 2.42. The quantitative estimate of drug-likeness (QED) is 0.616. The second kappa shape index (κ2) is 3.48. The van der Waals surface area contributed by atoms with Crippen molar-refractivity contribution in [3.05, 3.63) is 0 Å². The van der Waals surface area contributed by atoms with E-state index in [9.17, 15) is 9.59 Å². The van der Waals surface area contributed by atoms with E-state index in [4.69, 9.17) is 15.3 Å². The van der Waals surface area contributed by atoms with Gasteiger partial charge in [-0.3, -0.25) is 9.59 Å². The zero-order chi connectivity index (χ0) is 11.2. The number of hydrogen-bond acceptors (Lipinski definition) is 3. The fraction of sp³-hybridized carbons (Fsp3) is 0.800. The third-order valence-electron chi connectivity index (χ3n) is 3.95. The van der Waals surface area contributed by atoms with Crippen LogP contribution >= 0.6 is 0 Å². The van der Waals surface area contributed by atoms with Crippen molar-refractivity contribution in [2.45, 2.75) is 12.8 Å². The van der Waals surface area contributed by atoms with Gasteiger partial charge in [-0.05, 0) is 30.6 Å². The fourth-order valence-corrected chi connectivity index (χ4v) is 3.40. The number of aliphatic hydroxyl groups is 1. The van der Waals surface area contributed by atoms with Gasteiger partial charge in [-0.2, -0.15) is 0 Å². The van der Waals surface area contributed by atoms with Gasteiger partial charge in [0.2, 0.25) is 0 Å². The van der Waals surface area contributed by atoms with E-state index in [-0.39, 0.29) is 24.4 Å². The highest BCUT2D eigenvalue weighted by Crippen LogP contribution is 2.55. The zero-order valence-electron chi connectivity index (χ0n) is 8.17. The van der Waals surface area contributed by atoms with Crippen LogP contribution in [0.15, 0.2) is 0 Å². The molecule has 2 aliphatic rings. The molecule has 2 rings (SSSR count). The van der Waals surface area contributed by atoms with Crippen LogP contribution in [0.4, 0.5) is 0 Å². The maximum atomic E-state index is 11.0. The third-order valence-corrected chi connectivity index (χ3v) is 3.95. The van der Waals surface area contributed by atoms with Crippen molar-refractivity contribution < 1.29 is 24.9 Å². The molecular weight excluding hydrogens is 200 g/mol. The Morgan fingerprint density at radius 3 is 2.13 bits per heavy atom. The van der Waals surface area contributed by atoms with Gasteiger partial charge in [-0.15, -0.1) is 0 Å². The Labute approximate surface area is 86.7 Å². The second-order valence-corrected chi connectivity index (χ2v) is 4.57. The Bertz CT molecular complexity index is 300. The maximum absolute atomic E-state index is 11.0. The van der Waals surface area contributed by atoms with Crippen molar-refractivity contribution in [3.63, 3.8) is 0 Å². The molecule has 0 saturated heterocycles. The van der Waals surface area contributed by atoms with E-state index in [1.165, 1.54) is 0 Å². The summed E-state index contributed by atoms with van der Waals surface area (Å²) in [4.78, 5) is 22.0. The summed E-state index contributed by atoms with van der Waals surface area (Å²) >= 11 is 0. The van der Waals surface area contributed by atoms with Crippen molar-refractivity contribution in [1.82, 2.24) is 0 Å².